The van der Waals surface area contributed by atoms with Crippen molar-refractivity contribution in [1.29, 1.82) is 0 Å². The number of nitrogens with zero attached hydrogens (tertiary/aromatic N) is 1. The predicted molar refractivity (Wildman–Crippen MR) is 63.1 cm³/mol. The SMILES string of the molecule is CCOc1ccc(CN(C)C(=O)CN)cc1F. The Morgan fingerprint density at radius 2 is 2.24 bits per heavy atom. The van der Waals surface area contributed by atoms with Crippen LogP contribution in [0.3, 0.4) is 0 Å². The molecule has 0 unspecified atom stereocenters. The van der Waals surface area contributed by atoms with Gasteiger partial charge in [0.15, 0.2) is 11.6 Å². The van der Waals surface area contributed by atoms with E-state index >= 15 is 0 Å². The van der Waals surface area contributed by atoms with Gasteiger partial charge in [-0.2, -0.15) is 0 Å². The molecule has 0 fully saturated rings. The highest BCUT2D eigenvalue weighted by Gasteiger charge is 2.09. The lowest BCUT2D eigenvalue weighted by atomic mass is 10.2. The van der Waals surface area contributed by atoms with Gasteiger partial charge in [-0.15, -0.1) is 0 Å². The molecule has 0 atom stereocenters. The van der Waals surface area contributed by atoms with Gasteiger partial charge in [-0.3, -0.25) is 4.79 Å². The number of benzene rings is 1. The van der Waals surface area contributed by atoms with Gasteiger partial charge >= 0.3 is 0 Å². The first-order valence-electron chi connectivity index (χ1n) is 5.43. The third-order valence-electron chi connectivity index (χ3n) is 2.32. The van der Waals surface area contributed by atoms with E-state index in [0.717, 1.165) is 0 Å². The van der Waals surface area contributed by atoms with Gasteiger partial charge in [-0.1, -0.05) is 6.07 Å². The first kappa shape index (κ1) is 13.4. The highest BCUT2D eigenvalue weighted by Crippen LogP contribution is 2.18. The number of hydrogen-bond acceptors (Lipinski definition) is 3. The Labute approximate surface area is 100 Å². The predicted octanol–water partition coefficient (Wildman–Crippen LogP) is 1.14. The number of carbonyl (C=O) groups is 1. The zero-order valence-corrected chi connectivity index (χ0v) is 10.1. The number of likely N-dealkylation sites (N-methyl/N-ethyl adjacent to an activating group) is 1. The zero-order valence-electron chi connectivity index (χ0n) is 10.1. The Hall–Kier alpha value is -1.62. The Bertz CT molecular complexity index is 396. The zero-order chi connectivity index (χ0) is 12.8. The lowest BCUT2D eigenvalue weighted by Crippen LogP contribution is -2.32. The van der Waals surface area contributed by atoms with Crippen molar-refractivity contribution in [3.8, 4) is 5.75 Å². The summed E-state index contributed by atoms with van der Waals surface area (Å²) in [4.78, 5) is 12.7. The van der Waals surface area contributed by atoms with E-state index in [-0.39, 0.29) is 18.2 Å². The maximum Gasteiger partial charge on any atom is 0.236 e. The molecule has 1 aromatic rings. The van der Waals surface area contributed by atoms with Crippen molar-refractivity contribution in [1.82, 2.24) is 4.90 Å². The summed E-state index contributed by atoms with van der Waals surface area (Å²) in [6.45, 7) is 2.50. The molecule has 0 heterocycles. The van der Waals surface area contributed by atoms with Crippen LogP contribution in [0.5, 0.6) is 5.75 Å². The molecule has 94 valence electrons. The van der Waals surface area contributed by atoms with Crippen LogP contribution in [0.1, 0.15) is 12.5 Å². The number of ether oxygens (including phenoxy) is 1. The van der Waals surface area contributed by atoms with Gasteiger partial charge in [0.2, 0.25) is 5.91 Å². The second kappa shape index (κ2) is 6.20. The summed E-state index contributed by atoms with van der Waals surface area (Å²) in [7, 11) is 1.63. The van der Waals surface area contributed by atoms with Gasteiger partial charge < -0.3 is 15.4 Å². The van der Waals surface area contributed by atoms with Crippen LogP contribution in [0.2, 0.25) is 0 Å². The second-order valence-electron chi connectivity index (χ2n) is 3.65. The Morgan fingerprint density at radius 1 is 1.53 bits per heavy atom. The Kier molecular flexibility index (Phi) is 4.90. The molecule has 0 aliphatic rings. The Morgan fingerprint density at radius 3 is 2.76 bits per heavy atom. The van der Waals surface area contributed by atoms with Crippen molar-refractivity contribution in [2.24, 2.45) is 5.73 Å². The van der Waals surface area contributed by atoms with Gasteiger partial charge in [-0.05, 0) is 24.6 Å². The van der Waals surface area contributed by atoms with Crippen LogP contribution in [-0.4, -0.2) is 31.0 Å². The summed E-state index contributed by atoms with van der Waals surface area (Å²) in [5.74, 6) is -0.374. The highest BCUT2D eigenvalue weighted by atomic mass is 19.1. The minimum absolute atomic E-state index is 0.0456. The fraction of sp³-hybridized carbons (Fsp3) is 0.417. The lowest BCUT2D eigenvalue weighted by Gasteiger charge is -2.16. The number of carbonyl (C=O) groups excluding carboxylic acids is 1. The van der Waals surface area contributed by atoms with E-state index in [1.54, 1.807) is 26.1 Å². The van der Waals surface area contributed by atoms with Crippen LogP contribution in [0.4, 0.5) is 4.39 Å². The van der Waals surface area contributed by atoms with Crippen molar-refractivity contribution in [3.63, 3.8) is 0 Å². The molecule has 0 radical (unpaired) electrons. The average Bonchev–Trinajstić information content (AvgIpc) is 2.31. The van der Waals surface area contributed by atoms with Crippen LogP contribution in [-0.2, 0) is 11.3 Å². The number of amides is 1. The van der Waals surface area contributed by atoms with E-state index in [9.17, 15) is 9.18 Å². The number of hydrogen-bond donors (Lipinski definition) is 1. The lowest BCUT2D eigenvalue weighted by molar-refractivity contribution is -0.128. The maximum atomic E-state index is 13.5. The standard InChI is InChI=1S/C12H17FN2O2/c1-3-17-11-5-4-9(6-10(11)13)8-15(2)12(16)7-14/h4-6H,3,7-8,14H2,1-2H3. The quantitative estimate of drug-likeness (QED) is 0.839. The third kappa shape index (κ3) is 3.71. The molecule has 0 aromatic heterocycles. The third-order valence-corrected chi connectivity index (χ3v) is 2.32. The van der Waals surface area contributed by atoms with Crippen molar-refractivity contribution < 1.29 is 13.9 Å². The molecular formula is C12H17FN2O2. The normalized spacial score (nSPS) is 10.1. The van der Waals surface area contributed by atoms with Crippen LogP contribution >= 0.6 is 0 Å². The van der Waals surface area contributed by atoms with E-state index in [1.807, 2.05) is 0 Å². The van der Waals surface area contributed by atoms with Gasteiger partial charge in [-0.25, -0.2) is 4.39 Å². The number of halogens is 1. The van der Waals surface area contributed by atoms with Crippen molar-refractivity contribution in [2.75, 3.05) is 20.2 Å². The Balaban J connectivity index is 2.73. The van der Waals surface area contributed by atoms with Crippen LogP contribution in [0, 0.1) is 5.82 Å². The summed E-state index contributed by atoms with van der Waals surface area (Å²) in [6.07, 6.45) is 0. The van der Waals surface area contributed by atoms with Crippen molar-refractivity contribution in [2.45, 2.75) is 13.5 Å². The van der Waals surface area contributed by atoms with Crippen molar-refractivity contribution >= 4 is 5.91 Å². The average molecular weight is 240 g/mol. The summed E-state index contributed by atoms with van der Waals surface area (Å²) in [5, 5.41) is 0. The first-order valence-corrected chi connectivity index (χ1v) is 5.43. The van der Waals surface area contributed by atoms with Crippen LogP contribution in [0.25, 0.3) is 0 Å². The largest absolute Gasteiger partial charge is 0.491 e. The molecule has 0 bridgehead atoms. The molecule has 2 N–H and O–H groups in total. The molecule has 4 nitrogen and oxygen atoms in total. The van der Waals surface area contributed by atoms with Gasteiger partial charge in [0, 0.05) is 13.6 Å². The first-order chi connectivity index (χ1) is 8.08. The van der Waals surface area contributed by atoms with E-state index < -0.39 is 5.82 Å². The molecular weight excluding hydrogens is 223 g/mol. The summed E-state index contributed by atoms with van der Waals surface area (Å²) in [5.41, 5.74) is 5.94. The molecule has 0 aliphatic carbocycles. The van der Waals surface area contributed by atoms with Gasteiger partial charge in [0.25, 0.3) is 0 Å². The maximum absolute atomic E-state index is 13.5. The minimum atomic E-state index is -0.419. The molecule has 1 amide bonds. The monoisotopic (exact) mass is 240 g/mol. The fourth-order valence-electron chi connectivity index (χ4n) is 1.43. The van der Waals surface area contributed by atoms with Crippen molar-refractivity contribution in [3.05, 3.63) is 29.6 Å². The van der Waals surface area contributed by atoms with Crippen LogP contribution in [0.15, 0.2) is 18.2 Å². The topological polar surface area (TPSA) is 55.6 Å². The van der Waals surface area contributed by atoms with E-state index in [4.69, 9.17) is 10.5 Å². The van der Waals surface area contributed by atoms with Gasteiger partial charge in [0.1, 0.15) is 0 Å². The molecule has 0 saturated carbocycles. The molecule has 1 rings (SSSR count). The van der Waals surface area contributed by atoms with E-state index in [2.05, 4.69) is 0 Å². The number of rotatable bonds is 5. The molecule has 0 saturated heterocycles. The fourth-order valence-corrected chi connectivity index (χ4v) is 1.43. The minimum Gasteiger partial charge on any atom is -0.491 e. The molecule has 17 heavy (non-hydrogen) atoms. The molecule has 1 aromatic carbocycles. The second-order valence-corrected chi connectivity index (χ2v) is 3.65. The smallest absolute Gasteiger partial charge is 0.236 e. The molecule has 0 spiro atoms. The van der Waals surface area contributed by atoms with Crippen LogP contribution < -0.4 is 10.5 Å². The van der Waals surface area contributed by atoms with E-state index in [1.165, 1.54) is 11.0 Å². The summed E-state index contributed by atoms with van der Waals surface area (Å²) >= 11 is 0. The van der Waals surface area contributed by atoms with E-state index in [0.29, 0.717) is 18.7 Å². The summed E-state index contributed by atoms with van der Waals surface area (Å²) < 4.78 is 18.6. The molecule has 5 heteroatoms. The van der Waals surface area contributed by atoms with Gasteiger partial charge in [0.05, 0.1) is 13.2 Å². The summed E-state index contributed by atoms with van der Waals surface area (Å²) in [6, 6.07) is 4.66. The number of nitrogens with two attached hydrogens (primary N) is 1. The highest BCUT2D eigenvalue weighted by molar-refractivity contribution is 5.77. The molecule has 0 aliphatic heterocycles.